The zero-order chi connectivity index (χ0) is 9.47. The van der Waals surface area contributed by atoms with Crippen molar-refractivity contribution in [3.05, 3.63) is 0 Å². The molecular formula is C11H21NO. The van der Waals surface area contributed by atoms with Crippen LogP contribution in [-0.2, 0) is 4.74 Å². The van der Waals surface area contributed by atoms with Crippen molar-refractivity contribution in [1.29, 1.82) is 0 Å². The lowest BCUT2D eigenvalue weighted by atomic mass is 10.0. The molecule has 2 aliphatic rings. The topological polar surface area (TPSA) is 12.5 Å². The van der Waals surface area contributed by atoms with Gasteiger partial charge in [-0.15, -0.1) is 0 Å². The van der Waals surface area contributed by atoms with Gasteiger partial charge in [-0.05, 0) is 45.6 Å². The first-order chi connectivity index (χ1) is 6.17. The summed E-state index contributed by atoms with van der Waals surface area (Å²) in [5.41, 5.74) is 0.713. The van der Waals surface area contributed by atoms with E-state index in [2.05, 4.69) is 25.8 Å². The lowest BCUT2D eigenvalue weighted by Crippen LogP contribution is -2.36. The monoisotopic (exact) mass is 183 g/mol. The van der Waals surface area contributed by atoms with E-state index in [0.717, 1.165) is 6.61 Å². The number of nitrogens with zero attached hydrogens (tertiary/aromatic N) is 1. The Labute approximate surface area is 81.3 Å². The molecule has 0 aromatic rings. The third-order valence-electron chi connectivity index (χ3n) is 3.72. The van der Waals surface area contributed by atoms with Gasteiger partial charge in [0.15, 0.2) is 0 Å². The zero-order valence-corrected chi connectivity index (χ0v) is 9.05. The van der Waals surface area contributed by atoms with Crippen molar-refractivity contribution < 1.29 is 4.74 Å². The van der Waals surface area contributed by atoms with Crippen LogP contribution in [0, 0.1) is 5.41 Å². The number of likely N-dealkylation sites (tertiary alicyclic amines) is 1. The van der Waals surface area contributed by atoms with E-state index in [0.29, 0.717) is 17.6 Å². The van der Waals surface area contributed by atoms with Gasteiger partial charge in [-0.3, -0.25) is 0 Å². The van der Waals surface area contributed by atoms with Crippen molar-refractivity contribution in [1.82, 2.24) is 4.90 Å². The minimum atomic E-state index is 0.412. The standard InChI is InChI=1S/C11H21NO/c1-4-13-9(2)10-7-11(5-6-11)8-12(10)3/h9-10H,4-8H2,1-3H3/t9-,10-/m0/s1. The molecule has 1 spiro atoms. The smallest absolute Gasteiger partial charge is 0.0702 e. The quantitative estimate of drug-likeness (QED) is 0.662. The molecule has 1 aliphatic carbocycles. The second kappa shape index (κ2) is 3.25. The highest BCUT2D eigenvalue weighted by molar-refractivity contribution is 5.04. The molecule has 13 heavy (non-hydrogen) atoms. The van der Waals surface area contributed by atoms with E-state index in [1.807, 2.05) is 0 Å². The fourth-order valence-electron chi connectivity index (χ4n) is 2.75. The van der Waals surface area contributed by atoms with Crippen LogP contribution in [0.15, 0.2) is 0 Å². The van der Waals surface area contributed by atoms with Crippen LogP contribution in [0.3, 0.4) is 0 Å². The Morgan fingerprint density at radius 3 is 2.69 bits per heavy atom. The Bertz CT molecular complexity index is 189. The first kappa shape index (κ1) is 9.47. The minimum absolute atomic E-state index is 0.412. The molecule has 2 fully saturated rings. The van der Waals surface area contributed by atoms with E-state index in [-0.39, 0.29) is 0 Å². The third kappa shape index (κ3) is 1.75. The number of ether oxygens (including phenoxy) is 1. The zero-order valence-electron chi connectivity index (χ0n) is 9.05. The van der Waals surface area contributed by atoms with Crippen molar-refractivity contribution in [3.63, 3.8) is 0 Å². The highest BCUT2D eigenvalue weighted by Gasteiger charge is 2.51. The molecule has 0 aromatic carbocycles. The molecule has 0 radical (unpaired) electrons. The average Bonchev–Trinajstić information content (AvgIpc) is 2.72. The summed E-state index contributed by atoms with van der Waals surface area (Å²) in [6.07, 6.45) is 4.68. The van der Waals surface area contributed by atoms with E-state index in [4.69, 9.17) is 4.74 Å². The summed E-state index contributed by atoms with van der Waals surface area (Å²) in [6.45, 7) is 6.44. The van der Waals surface area contributed by atoms with Gasteiger partial charge in [-0.1, -0.05) is 0 Å². The maximum atomic E-state index is 5.68. The summed E-state index contributed by atoms with van der Waals surface area (Å²) in [7, 11) is 2.24. The summed E-state index contributed by atoms with van der Waals surface area (Å²) in [5, 5.41) is 0. The molecule has 0 bridgehead atoms. The largest absolute Gasteiger partial charge is 0.377 e. The van der Waals surface area contributed by atoms with Crippen LogP contribution in [0.25, 0.3) is 0 Å². The van der Waals surface area contributed by atoms with E-state index >= 15 is 0 Å². The Hall–Kier alpha value is -0.0800. The summed E-state index contributed by atoms with van der Waals surface area (Å²) in [5.74, 6) is 0. The molecule has 76 valence electrons. The van der Waals surface area contributed by atoms with Crippen LogP contribution >= 0.6 is 0 Å². The summed E-state index contributed by atoms with van der Waals surface area (Å²) >= 11 is 0. The van der Waals surface area contributed by atoms with Crippen molar-refractivity contribution >= 4 is 0 Å². The van der Waals surface area contributed by atoms with Gasteiger partial charge in [0.05, 0.1) is 6.10 Å². The van der Waals surface area contributed by atoms with E-state index in [1.165, 1.54) is 25.8 Å². The first-order valence-electron chi connectivity index (χ1n) is 5.49. The SMILES string of the molecule is CCO[C@@H](C)[C@@H]1CC2(CC2)CN1C. The minimum Gasteiger partial charge on any atom is -0.377 e. The molecule has 0 aromatic heterocycles. The summed E-state index contributed by atoms with van der Waals surface area (Å²) in [6, 6.07) is 0.669. The third-order valence-corrected chi connectivity index (χ3v) is 3.72. The molecule has 1 aliphatic heterocycles. The summed E-state index contributed by atoms with van der Waals surface area (Å²) in [4.78, 5) is 2.49. The van der Waals surface area contributed by atoms with Crippen LogP contribution in [-0.4, -0.2) is 37.2 Å². The molecular weight excluding hydrogens is 162 g/mol. The Morgan fingerprint density at radius 2 is 2.23 bits per heavy atom. The van der Waals surface area contributed by atoms with Gasteiger partial charge < -0.3 is 9.64 Å². The molecule has 1 heterocycles. The summed E-state index contributed by atoms with van der Waals surface area (Å²) < 4.78 is 5.68. The Morgan fingerprint density at radius 1 is 1.54 bits per heavy atom. The molecule has 2 rings (SSSR count). The van der Waals surface area contributed by atoms with Crippen molar-refractivity contribution in [2.45, 2.75) is 45.3 Å². The number of likely N-dealkylation sites (N-methyl/N-ethyl adjacent to an activating group) is 1. The van der Waals surface area contributed by atoms with Gasteiger partial charge >= 0.3 is 0 Å². The van der Waals surface area contributed by atoms with Gasteiger partial charge in [-0.25, -0.2) is 0 Å². The highest BCUT2D eigenvalue weighted by atomic mass is 16.5. The maximum absolute atomic E-state index is 5.68. The van der Waals surface area contributed by atoms with E-state index < -0.39 is 0 Å². The van der Waals surface area contributed by atoms with Crippen LogP contribution in [0.5, 0.6) is 0 Å². The second-order valence-corrected chi connectivity index (χ2v) is 4.85. The van der Waals surface area contributed by atoms with Crippen LogP contribution in [0.2, 0.25) is 0 Å². The molecule has 2 nitrogen and oxygen atoms in total. The lowest BCUT2D eigenvalue weighted by molar-refractivity contribution is 0.0234. The molecule has 2 heteroatoms. The maximum Gasteiger partial charge on any atom is 0.0702 e. The molecule has 2 atom stereocenters. The molecule has 1 saturated carbocycles. The molecule has 0 amide bonds. The fourth-order valence-corrected chi connectivity index (χ4v) is 2.75. The van der Waals surface area contributed by atoms with Gasteiger partial charge in [0.25, 0.3) is 0 Å². The van der Waals surface area contributed by atoms with Crippen LogP contribution in [0.1, 0.15) is 33.1 Å². The predicted octanol–water partition coefficient (Wildman–Crippen LogP) is 1.90. The average molecular weight is 183 g/mol. The van der Waals surface area contributed by atoms with E-state index in [1.54, 1.807) is 0 Å². The van der Waals surface area contributed by atoms with Crippen molar-refractivity contribution in [3.8, 4) is 0 Å². The normalized spacial score (nSPS) is 33.9. The number of rotatable bonds is 3. The molecule has 0 unspecified atom stereocenters. The Balaban J connectivity index is 1.92. The first-order valence-corrected chi connectivity index (χ1v) is 5.49. The van der Waals surface area contributed by atoms with Crippen molar-refractivity contribution in [2.75, 3.05) is 20.2 Å². The van der Waals surface area contributed by atoms with E-state index in [9.17, 15) is 0 Å². The predicted molar refractivity (Wildman–Crippen MR) is 53.8 cm³/mol. The van der Waals surface area contributed by atoms with Gasteiger partial charge in [0.1, 0.15) is 0 Å². The van der Waals surface area contributed by atoms with Crippen LogP contribution in [0.4, 0.5) is 0 Å². The van der Waals surface area contributed by atoms with Gasteiger partial charge in [-0.2, -0.15) is 0 Å². The van der Waals surface area contributed by atoms with Crippen LogP contribution < -0.4 is 0 Å². The fraction of sp³-hybridized carbons (Fsp3) is 1.00. The number of hydrogen-bond acceptors (Lipinski definition) is 2. The highest BCUT2D eigenvalue weighted by Crippen LogP contribution is 2.54. The Kier molecular flexibility index (Phi) is 2.37. The molecule has 1 saturated heterocycles. The van der Waals surface area contributed by atoms with Gasteiger partial charge in [0, 0.05) is 19.2 Å². The number of hydrogen-bond donors (Lipinski definition) is 0. The van der Waals surface area contributed by atoms with Gasteiger partial charge in [0.2, 0.25) is 0 Å². The lowest BCUT2D eigenvalue weighted by Gasteiger charge is -2.25. The van der Waals surface area contributed by atoms with Crippen molar-refractivity contribution in [2.24, 2.45) is 5.41 Å². The molecule has 0 N–H and O–H groups in total. The second-order valence-electron chi connectivity index (χ2n) is 4.85.